The number of nitrogens with one attached hydrogen (secondary N) is 1. The number of carbonyl (C=O) groups is 2. The highest BCUT2D eigenvalue weighted by molar-refractivity contribution is 7.20. The summed E-state index contributed by atoms with van der Waals surface area (Å²) in [5, 5.41) is 3.24. The van der Waals surface area contributed by atoms with Gasteiger partial charge in [0.1, 0.15) is 11.6 Å². The average Bonchev–Trinajstić information content (AvgIpc) is 3.18. The molecule has 1 amide bonds. The lowest BCUT2D eigenvalue weighted by atomic mass is 10.1. The molecule has 0 radical (unpaired) electrons. The van der Waals surface area contributed by atoms with Gasteiger partial charge in [0.15, 0.2) is 11.5 Å². The van der Waals surface area contributed by atoms with E-state index in [-0.39, 0.29) is 19.1 Å². The van der Waals surface area contributed by atoms with Crippen LogP contribution in [-0.2, 0) is 9.53 Å². The quantitative estimate of drug-likeness (QED) is 0.634. The van der Waals surface area contributed by atoms with Gasteiger partial charge in [-0.2, -0.15) is 0 Å². The molecular formula is C22H19NO5S. The van der Waals surface area contributed by atoms with Gasteiger partial charge >= 0.3 is 5.97 Å². The number of rotatable bonds is 5. The largest absolute Gasteiger partial charge is 0.485 e. The maximum absolute atomic E-state index is 12.8. The molecule has 3 aromatic rings. The van der Waals surface area contributed by atoms with E-state index >= 15 is 0 Å². The van der Waals surface area contributed by atoms with Gasteiger partial charge in [-0.1, -0.05) is 42.5 Å². The number of esters is 1. The molecule has 0 saturated carbocycles. The fourth-order valence-electron chi connectivity index (χ4n) is 2.93. The Hall–Kier alpha value is -3.32. The lowest BCUT2D eigenvalue weighted by molar-refractivity contribution is -0.125. The second-order valence-corrected chi connectivity index (χ2v) is 7.35. The minimum Gasteiger partial charge on any atom is -0.485 e. The molecule has 0 saturated heterocycles. The number of benzene rings is 2. The monoisotopic (exact) mass is 409 g/mol. The molecule has 1 aromatic heterocycles. The lowest BCUT2D eigenvalue weighted by Gasteiger charge is -2.25. The van der Waals surface area contributed by atoms with Crippen LogP contribution in [0, 0.1) is 0 Å². The number of amides is 1. The maximum atomic E-state index is 12.8. The SMILES string of the molecule is CCOC(=O)c1cc(-c2ccccc2)sc1NC(=O)[C@H]1COc2ccccc2O1. The van der Waals surface area contributed by atoms with Gasteiger partial charge in [-0.3, -0.25) is 4.79 Å². The van der Waals surface area contributed by atoms with E-state index in [1.54, 1.807) is 25.1 Å². The van der Waals surface area contributed by atoms with Crippen LogP contribution in [0.1, 0.15) is 17.3 Å². The average molecular weight is 409 g/mol. The van der Waals surface area contributed by atoms with E-state index < -0.39 is 12.1 Å². The minimum atomic E-state index is -0.817. The topological polar surface area (TPSA) is 73.9 Å². The molecule has 1 aliphatic rings. The van der Waals surface area contributed by atoms with Gasteiger partial charge in [-0.05, 0) is 30.7 Å². The van der Waals surface area contributed by atoms with Crippen molar-refractivity contribution in [2.45, 2.75) is 13.0 Å². The molecule has 0 fully saturated rings. The zero-order valence-electron chi connectivity index (χ0n) is 15.7. The number of carbonyl (C=O) groups excluding carboxylic acids is 2. The van der Waals surface area contributed by atoms with Gasteiger partial charge in [-0.15, -0.1) is 11.3 Å². The molecule has 7 heteroatoms. The fraction of sp³-hybridized carbons (Fsp3) is 0.182. The summed E-state index contributed by atoms with van der Waals surface area (Å²) < 4.78 is 16.5. The van der Waals surface area contributed by atoms with Crippen LogP contribution in [0.15, 0.2) is 60.7 Å². The fourth-order valence-corrected chi connectivity index (χ4v) is 3.98. The van der Waals surface area contributed by atoms with Gasteiger partial charge in [0.2, 0.25) is 6.10 Å². The second-order valence-electron chi connectivity index (χ2n) is 6.29. The Labute approximate surface area is 172 Å². The number of ether oxygens (including phenoxy) is 3. The van der Waals surface area contributed by atoms with Gasteiger partial charge in [-0.25, -0.2) is 4.79 Å². The first-order valence-electron chi connectivity index (χ1n) is 9.21. The Morgan fingerprint density at radius 1 is 1.10 bits per heavy atom. The molecule has 1 aliphatic heterocycles. The summed E-state index contributed by atoms with van der Waals surface area (Å²) in [6, 6.07) is 18.6. The van der Waals surface area contributed by atoms with Crippen LogP contribution < -0.4 is 14.8 Å². The molecule has 0 bridgehead atoms. The first kappa shape index (κ1) is 19.0. The molecule has 0 aliphatic carbocycles. The van der Waals surface area contributed by atoms with Gasteiger partial charge in [0.25, 0.3) is 5.91 Å². The highest BCUT2D eigenvalue weighted by atomic mass is 32.1. The van der Waals surface area contributed by atoms with Crippen molar-refractivity contribution in [1.82, 2.24) is 0 Å². The summed E-state index contributed by atoms with van der Waals surface area (Å²) in [6.07, 6.45) is -0.817. The first-order chi connectivity index (χ1) is 14.2. The summed E-state index contributed by atoms with van der Waals surface area (Å²) in [4.78, 5) is 26.1. The Morgan fingerprint density at radius 3 is 2.59 bits per heavy atom. The minimum absolute atomic E-state index is 0.0918. The third-order valence-corrected chi connectivity index (χ3v) is 5.42. The highest BCUT2D eigenvalue weighted by Crippen LogP contribution is 2.37. The highest BCUT2D eigenvalue weighted by Gasteiger charge is 2.29. The lowest BCUT2D eigenvalue weighted by Crippen LogP contribution is -2.40. The van der Waals surface area contributed by atoms with Crippen LogP contribution in [0.4, 0.5) is 5.00 Å². The smallest absolute Gasteiger partial charge is 0.341 e. The number of anilines is 1. The summed E-state index contributed by atoms with van der Waals surface area (Å²) >= 11 is 1.32. The predicted molar refractivity (Wildman–Crippen MR) is 111 cm³/mol. The Balaban J connectivity index is 1.58. The molecule has 148 valence electrons. The van der Waals surface area contributed by atoms with Crippen molar-refractivity contribution in [3.8, 4) is 21.9 Å². The van der Waals surface area contributed by atoms with Crippen LogP contribution in [0.2, 0.25) is 0 Å². The second kappa shape index (κ2) is 8.36. The predicted octanol–water partition coefficient (Wildman–Crippen LogP) is 4.37. The Kier molecular flexibility index (Phi) is 5.48. The molecule has 4 rings (SSSR count). The molecule has 2 heterocycles. The molecular weight excluding hydrogens is 390 g/mol. The zero-order valence-corrected chi connectivity index (χ0v) is 16.5. The van der Waals surface area contributed by atoms with Crippen LogP contribution in [0.3, 0.4) is 0 Å². The number of fused-ring (bicyclic) bond motifs is 1. The van der Waals surface area contributed by atoms with Crippen molar-refractivity contribution in [2.75, 3.05) is 18.5 Å². The van der Waals surface area contributed by atoms with Crippen molar-refractivity contribution in [3.63, 3.8) is 0 Å². The molecule has 0 spiro atoms. The maximum Gasteiger partial charge on any atom is 0.341 e. The van der Waals surface area contributed by atoms with E-state index in [2.05, 4.69) is 5.32 Å². The van der Waals surface area contributed by atoms with Crippen molar-refractivity contribution >= 4 is 28.2 Å². The third-order valence-electron chi connectivity index (χ3n) is 4.32. The number of hydrogen-bond donors (Lipinski definition) is 1. The Morgan fingerprint density at radius 2 is 1.83 bits per heavy atom. The van der Waals surface area contributed by atoms with E-state index in [1.807, 2.05) is 42.5 Å². The van der Waals surface area contributed by atoms with Gasteiger partial charge < -0.3 is 19.5 Å². The Bertz CT molecular complexity index is 1030. The number of hydrogen-bond acceptors (Lipinski definition) is 6. The third kappa shape index (κ3) is 4.09. The molecule has 0 unspecified atom stereocenters. The van der Waals surface area contributed by atoms with E-state index in [4.69, 9.17) is 14.2 Å². The summed E-state index contributed by atoms with van der Waals surface area (Å²) in [6.45, 7) is 2.08. The standard InChI is InChI=1S/C22H19NO5S/c1-2-26-22(25)15-12-19(14-8-4-3-5-9-14)29-21(15)23-20(24)18-13-27-16-10-6-7-11-17(16)28-18/h3-12,18H,2,13H2,1H3,(H,23,24)/t18-/m1/s1. The summed E-state index contributed by atoms with van der Waals surface area (Å²) in [5.41, 5.74) is 1.27. The van der Waals surface area contributed by atoms with E-state index in [0.717, 1.165) is 10.4 Å². The van der Waals surface area contributed by atoms with Crippen molar-refractivity contribution in [1.29, 1.82) is 0 Å². The van der Waals surface area contributed by atoms with Gasteiger partial charge in [0.05, 0.1) is 12.2 Å². The van der Waals surface area contributed by atoms with E-state index in [1.165, 1.54) is 11.3 Å². The van der Waals surface area contributed by atoms with Crippen LogP contribution >= 0.6 is 11.3 Å². The molecule has 2 aromatic carbocycles. The summed E-state index contributed by atoms with van der Waals surface area (Å²) in [5.74, 6) is 0.255. The van der Waals surface area contributed by atoms with E-state index in [9.17, 15) is 9.59 Å². The van der Waals surface area contributed by atoms with Crippen molar-refractivity contribution < 1.29 is 23.8 Å². The summed E-state index contributed by atoms with van der Waals surface area (Å²) in [7, 11) is 0. The molecule has 6 nitrogen and oxygen atoms in total. The molecule has 1 atom stereocenters. The van der Waals surface area contributed by atoms with Crippen LogP contribution in [-0.4, -0.2) is 31.2 Å². The van der Waals surface area contributed by atoms with Crippen LogP contribution in [0.25, 0.3) is 10.4 Å². The van der Waals surface area contributed by atoms with Crippen molar-refractivity contribution in [2.24, 2.45) is 0 Å². The molecule has 29 heavy (non-hydrogen) atoms. The van der Waals surface area contributed by atoms with Gasteiger partial charge in [0, 0.05) is 4.88 Å². The number of para-hydroxylation sites is 2. The van der Waals surface area contributed by atoms with Crippen LogP contribution in [0.5, 0.6) is 11.5 Å². The normalized spacial score (nSPS) is 14.9. The zero-order chi connectivity index (χ0) is 20.2. The van der Waals surface area contributed by atoms with Crippen molar-refractivity contribution in [3.05, 3.63) is 66.2 Å². The first-order valence-corrected chi connectivity index (χ1v) is 10.0. The van der Waals surface area contributed by atoms with E-state index in [0.29, 0.717) is 22.1 Å². The molecule has 1 N–H and O–H groups in total. The number of thiophene rings is 1.